The van der Waals surface area contributed by atoms with Crippen LogP contribution in [-0.4, -0.2) is 49.9 Å². The second-order valence-corrected chi connectivity index (χ2v) is 10.4. The van der Waals surface area contributed by atoms with Crippen molar-refractivity contribution in [2.75, 3.05) is 23.1 Å². The van der Waals surface area contributed by atoms with E-state index in [2.05, 4.69) is 5.32 Å². The molecule has 1 unspecified atom stereocenters. The number of benzene rings is 2. The van der Waals surface area contributed by atoms with Crippen LogP contribution in [0.5, 0.6) is 0 Å². The number of hydrogen-bond acceptors (Lipinski definition) is 5. The number of carbonyl (C=O) groups excluding carboxylic acids is 3. The smallest absolute Gasteiger partial charge is 0.319 e. The molecule has 9 heteroatoms. The van der Waals surface area contributed by atoms with Gasteiger partial charge >= 0.3 is 6.03 Å². The van der Waals surface area contributed by atoms with Gasteiger partial charge in [0.2, 0.25) is 10.0 Å². The van der Waals surface area contributed by atoms with Crippen LogP contribution in [0.1, 0.15) is 40.9 Å². The van der Waals surface area contributed by atoms with Crippen molar-refractivity contribution in [1.29, 1.82) is 0 Å². The molecule has 168 valence electrons. The summed E-state index contributed by atoms with van der Waals surface area (Å²) in [5.41, 5.74) is 1.98. The topological polar surface area (TPSA) is 104 Å². The molecule has 1 saturated heterocycles. The van der Waals surface area contributed by atoms with Gasteiger partial charge in [-0.25, -0.2) is 13.2 Å². The first kappa shape index (κ1) is 22.0. The molecule has 0 bridgehead atoms. The van der Waals surface area contributed by atoms with Gasteiger partial charge in [-0.2, -0.15) is 0 Å². The number of amides is 3. The number of urea groups is 1. The zero-order valence-corrected chi connectivity index (χ0v) is 19.0. The summed E-state index contributed by atoms with van der Waals surface area (Å²) < 4.78 is 25.9. The van der Waals surface area contributed by atoms with Gasteiger partial charge < -0.3 is 5.32 Å². The summed E-state index contributed by atoms with van der Waals surface area (Å²) in [6.07, 6.45) is 0.504. The third-order valence-corrected chi connectivity index (χ3v) is 8.00. The molecule has 2 aliphatic rings. The number of sulfonamides is 1. The van der Waals surface area contributed by atoms with E-state index in [0.717, 1.165) is 16.0 Å². The average molecular weight is 456 g/mol. The molecule has 3 amide bonds. The number of nitrogens with one attached hydrogen (secondary N) is 1. The summed E-state index contributed by atoms with van der Waals surface area (Å²) in [5.74, 6) is -0.868. The number of anilines is 1. The van der Waals surface area contributed by atoms with E-state index in [1.807, 2.05) is 19.1 Å². The van der Waals surface area contributed by atoms with Gasteiger partial charge in [-0.05, 0) is 62.1 Å². The second kappa shape index (κ2) is 7.74. The summed E-state index contributed by atoms with van der Waals surface area (Å²) >= 11 is 0. The molecule has 1 fully saturated rings. The van der Waals surface area contributed by atoms with Crippen molar-refractivity contribution in [3.63, 3.8) is 0 Å². The molecule has 0 aliphatic carbocycles. The Bertz CT molecular complexity index is 1240. The highest BCUT2D eigenvalue weighted by Crippen LogP contribution is 2.33. The molecular formula is C23H25N3O5S. The third-order valence-electron chi connectivity index (χ3n) is 6.22. The zero-order valence-electron chi connectivity index (χ0n) is 18.2. The van der Waals surface area contributed by atoms with E-state index in [0.29, 0.717) is 29.8 Å². The Morgan fingerprint density at radius 2 is 1.88 bits per heavy atom. The predicted octanol–water partition coefficient (Wildman–Crippen LogP) is 2.36. The quantitative estimate of drug-likeness (QED) is 0.532. The van der Waals surface area contributed by atoms with E-state index in [1.165, 1.54) is 4.31 Å². The van der Waals surface area contributed by atoms with Crippen molar-refractivity contribution in [3.05, 3.63) is 64.7 Å². The lowest BCUT2D eigenvalue weighted by Gasteiger charge is -2.24. The number of rotatable bonds is 6. The summed E-state index contributed by atoms with van der Waals surface area (Å²) in [6.45, 7) is 5.04. The summed E-state index contributed by atoms with van der Waals surface area (Å²) in [7, 11) is -3.38. The van der Waals surface area contributed by atoms with Crippen LogP contribution in [0.4, 0.5) is 10.5 Å². The minimum Gasteiger partial charge on any atom is -0.319 e. The van der Waals surface area contributed by atoms with E-state index in [9.17, 15) is 22.8 Å². The Morgan fingerprint density at radius 3 is 2.56 bits per heavy atom. The Hall–Kier alpha value is -3.20. The maximum Gasteiger partial charge on any atom is 0.325 e. The van der Waals surface area contributed by atoms with Gasteiger partial charge in [-0.15, -0.1) is 0 Å². The zero-order chi connectivity index (χ0) is 23.3. The first-order valence-electron chi connectivity index (χ1n) is 10.4. The fraction of sp³-hybridized carbons (Fsp3) is 0.348. The van der Waals surface area contributed by atoms with E-state index in [4.69, 9.17) is 0 Å². The molecule has 0 radical (unpaired) electrons. The molecule has 4 rings (SSSR count). The lowest BCUT2D eigenvalue weighted by molar-refractivity contribution is -0.130. The first-order chi connectivity index (χ1) is 15.1. The SMILES string of the molecule is CCS(=O)(=O)N1CCc2cc(C(=O)CN3C(=O)NC(C)(c4ccccc4C)C3=O)ccc21. The van der Waals surface area contributed by atoms with Crippen LogP contribution in [0.25, 0.3) is 0 Å². The fourth-order valence-corrected chi connectivity index (χ4v) is 5.54. The van der Waals surface area contributed by atoms with Crippen LogP contribution in [0, 0.1) is 6.92 Å². The third kappa shape index (κ3) is 3.46. The molecule has 2 aromatic rings. The molecule has 2 aliphatic heterocycles. The Morgan fingerprint density at radius 1 is 1.16 bits per heavy atom. The molecule has 1 N–H and O–H groups in total. The molecule has 0 saturated carbocycles. The van der Waals surface area contributed by atoms with Crippen molar-refractivity contribution in [1.82, 2.24) is 10.2 Å². The molecule has 1 atom stereocenters. The van der Waals surface area contributed by atoms with Crippen LogP contribution < -0.4 is 9.62 Å². The van der Waals surface area contributed by atoms with Crippen molar-refractivity contribution in [2.45, 2.75) is 32.7 Å². The van der Waals surface area contributed by atoms with Crippen molar-refractivity contribution < 1.29 is 22.8 Å². The molecule has 0 spiro atoms. The van der Waals surface area contributed by atoms with E-state index in [-0.39, 0.29) is 18.1 Å². The highest BCUT2D eigenvalue weighted by Gasteiger charge is 2.50. The summed E-state index contributed by atoms with van der Waals surface area (Å²) in [4.78, 5) is 39.6. The maximum absolute atomic E-state index is 13.1. The minimum atomic E-state index is -3.38. The van der Waals surface area contributed by atoms with Crippen molar-refractivity contribution >= 4 is 33.4 Å². The van der Waals surface area contributed by atoms with Crippen molar-refractivity contribution in [2.24, 2.45) is 0 Å². The maximum atomic E-state index is 13.1. The summed E-state index contributed by atoms with van der Waals surface area (Å²) in [5, 5.41) is 2.73. The van der Waals surface area contributed by atoms with Gasteiger partial charge in [0.25, 0.3) is 5.91 Å². The molecule has 2 heterocycles. The van der Waals surface area contributed by atoms with E-state index >= 15 is 0 Å². The van der Waals surface area contributed by atoms with Crippen LogP contribution in [0.3, 0.4) is 0 Å². The van der Waals surface area contributed by atoms with E-state index in [1.54, 1.807) is 44.2 Å². The van der Waals surface area contributed by atoms with Crippen LogP contribution in [0.15, 0.2) is 42.5 Å². The van der Waals surface area contributed by atoms with Crippen LogP contribution in [-0.2, 0) is 26.8 Å². The highest BCUT2D eigenvalue weighted by atomic mass is 32.2. The molecule has 2 aromatic carbocycles. The monoisotopic (exact) mass is 455 g/mol. The summed E-state index contributed by atoms with van der Waals surface area (Å²) in [6, 6.07) is 11.5. The van der Waals surface area contributed by atoms with Gasteiger partial charge in [0.1, 0.15) is 5.54 Å². The predicted molar refractivity (Wildman–Crippen MR) is 120 cm³/mol. The Labute approximate surface area is 187 Å². The molecular weight excluding hydrogens is 430 g/mol. The first-order valence-corrected chi connectivity index (χ1v) is 12.1. The molecule has 8 nitrogen and oxygen atoms in total. The standard InChI is InChI=1S/C23H25N3O5S/c1-4-32(30,31)26-12-11-16-13-17(9-10-19(16)26)20(27)14-25-21(28)23(3,24-22(25)29)18-8-6-5-7-15(18)2/h5-10,13H,4,11-12,14H2,1-3H3,(H,24,29). The normalized spacial score (nSPS) is 20.5. The number of ketones is 1. The number of hydrogen-bond donors (Lipinski definition) is 1. The Balaban J connectivity index is 1.56. The number of fused-ring (bicyclic) bond motifs is 1. The van der Waals surface area contributed by atoms with Gasteiger partial charge in [0.15, 0.2) is 5.78 Å². The molecule has 32 heavy (non-hydrogen) atoms. The van der Waals surface area contributed by atoms with Gasteiger partial charge in [0.05, 0.1) is 18.0 Å². The van der Waals surface area contributed by atoms with E-state index < -0.39 is 27.5 Å². The average Bonchev–Trinajstić information content (AvgIpc) is 3.29. The number of aryl methyl sites for hydroxylation is 1. The number of imide groups is 1. The van der Waals surface area contributed by atoms with Gasteiger partial charge in [-0.3, -0.25) is 18.8 Å². The number of Topliss-reactive ketones (excluding diaryl/α,β-unsaturated/α-hetero) is 1. The number of nitrogens with zero attached hydrogens (tertiary/aromatic N) is 2. The lowest BCUT2D eigenvalue weighted by Crippen LogP contribution is -2.42. The molecule has 0 aromatic heterocycles. The minimum absolute atomic E-state index is 0.00103. The second-order valence-electron chi connectivity index (χ2n) is 8.25. The van der Waals surface area contributed by atoms with Gasteiger partial charge in [0, 0.05) is 12.1 Å². The number of carbonyl (C=O) groups is 3. The lowest BCUT2D eigenvalue weighted by atomic mass is 9.88. The van der Waals surface area contributed by atoms with Crippen LogP contribution >= 0.6 is 0 Å². The fourth-order valence-electron chi connectivity index (χ4n) is 4.38. The van der Waals surface area contributed by atoms with Gasteiger partial charge in [-0.1, -0.05) is 24.3 Å². The van der Waals surface area contributed by atoms with Crippen LogP contribution in [0.2, 0.25) is 0 Å². The highest BCUT2D eigenvalue weighted by molar-refractivity contribution is 7.92. The van der Waals surface area contributed by atoms with Crippen molar-refractivity contribution in [3.8, 4) is 0 Å². The Kier molecular flexibility index (Phi) is 5.32. The largest absolute Gasteiger partial charge is 0.325 e.